The van der Waals surface area contributed by atoms with Crippen molar-refractivity contribution < 1.29 is 4.74 Å². The second-order valence-electron chi connectivity index (χ2n) is 10.6. The minimum atomic E-state index is 0.364. The summed E-state index contributed by atoms with van der Waals surface area (Å²) in [6, 6.07) is 9.05. The van der Waals surface area contributed by atoms with Crippen LogP contribution >= 0.6 is 0 Å². The lowest BCUT2D eigenvalue weighted by molar-refractivity contribution is 0.107. The summed E-state index contributed by atoms with van der Waals surface area (Å²) >= 11 is 0. The molecule has 0 N–H and O–H groups in total. The molecule has 35 heavy (non-hydrogen) atoms. The standard InChI is InChI=1S/C25H40O.C3H8.2C2H6.C2H4/c1-6-20(13-17(2)3)21-9-11-24(12-10-21)26-25(18(4)5)16-23-15-19-7-8-22(23)14-19;1-3-2;3*1-2/h9-12,17-20,22-23,25H,6-8,13-16H2,1-5H3;3H2,1-2H3;2*1-2H3;1-2H2. The van der Waals surface area contributed by atoms with Gasteiger partial charge in [0.25, 0.3) is 0 Å². The first-order valence-electron chi connectivity index (χ1n) is 15.1. The minimum Gasteiger partial charge on any atom is -0.490 e. The van der Waals surface area contributed by atoms with Crippen LogP contribution in [0.15, 0.2) is 37.4 Å². The lowest BCUT2D eigenvalue weighted by atomic mass is 9.83. The topological polar surface area (TPSA) is 9.23 Å². The van der Waals surface area contributed by atoms with E-state index < -0.39 is 0 Å². The van der Waals surface area contributed by atoms with Crippen molar-refractivity contribution in [1.82, 2.24) is 0 Å². The maximum Gasteiger partial charge on any atom is 0.119 e. The van der Waals surface area contributed by atoms with Crippen LogP contribution in [0.3, 0.4) is 0 Å². The van der Waals surface area contributed by atoms with E-state index in [1.54, 1.807) is 0 Å². The van der Waals surface area contributed by atoms with Gasteiger partial charge in [-0.1, -0.05) is 101 Å². The molecule has 0 amide bonds. The van der Waals surface area contributed by atoms with Gasteiger partial charge in [0.05, 0.1) is 0 Å². The molecule has 0 saturated heterocycles. The van der Waals surface area contributed by atoms with Crippen molar-refractivity contribution in [2.45, 2.75) is 140 Å². The van der Waals surface area contributed by atoms with E-state index in [2.05, 4.69) is 85.9 Å². The van der Waals surface area contributed by atoms with E-state index in [0.717, 1.165) is 29.4 Å². The van der Waals surface area contributed by atoms with Crippen LogP contribution < -0.4 is 4.74 Å². The molecule has 2 aliphatic carbocycles. The van der Waals surface area contributed by atoms with Crippen molar-refractivity contribution in [1.29, 1.82) is 0 Å². The average Bonchev–Trinajstić information content (AvgIpc) is 3.50. The Bertz CT molecular complexity index is 573. The summed E-state index contributed by atoms with van der Waals surface area (Å²) in [5.41, 5.74) is 1.47. The number of hydrogen-bond donors (Lipinski definition) is 0. The Morgan fingerprint density at radius 2 is 1.40 bits per heavy atom. The highest BCUT2D eigenvalue weighted by atomic mass is 16.5. The van der Waals surface area contributed by atoms with E-state index in [1.165, 1.54) is 56.9 Å². The Labute approximate surface area is 222 Å². The predicted octanol–water partition coefficient (Wildman–Crippen LogP) is 11.7. The van der Waals surface area contributed by atoms with Gasteiger partial charge in [0.1, 0.15) is 11.9 Å². The molecular weight excluding hydrogens is 424 g/mol. The summed E-state index contributed by atoms with van der Waals surface area (Å²) in [4.78, 5) is 0. The lowest BCUT2D eigenvalue weighted by Gasteiger charge is -2.29. The Balaban J connectivity index is 0. The lowest BCUT2D eigenvalue weighted by Crippen LogP contribution is -2.28. The van der Waals surface area contributed by atoms with E-state index >= 15 is 0 Å². The third-order valence-electron chi connectivity index (χ3n) is 7.05. The third kappa shape index (κ3) is 13.6. The summed E-state index contributed by atoms with van der Waals surface area (Å²) in [5, 5.41) is 0. The second-order valence-corrected chi connectivity index (χ2v) is 10.6. The van der Waals surface area contributed by atoms with Gasteiger partial charge in [0, 0.05) is 0 Å². The molecule has 0 aliphatic heterocycles. The fraction of sp³-hybridized carbons (Fsp3) is 0.765. The maximum absolute atomic E-state index is 6.49. The summed E-state index contributed by atoms with van der Waals surface area (Å²) in [6.07, 6.45) is 11.3. The normalized spacial score (nSPS) is 21.2. The molecule has 0 radical (unpaired) electrons. The van der Waals surface area contributed by atoms with Gasteiger partial charge in [-0.2, -0.15) is 0 Å². The molecule has 1 aromatic rings. The zero-order valence-corrected chi connectivity index (χ0v) is 25.8. The molecule has 0 heterocycles. The van der Waals surface area contributed by atoms with Crippen molar-refractivity contribution in [3.05, 3.63) is 43.0 Å². The highest BCUT2D eigenvalue weighted by Crippen LogP contribution is 2.50. The number of ether oxygens (including phenoxy) is 1. The molecule has 206 valence electrons. The zero-order valence-electron chi connectivity index (χ0n) is 25.8. The van der Waals surface area contributed by atoms with Gasteiger partial charge in [-0.3, -0.25) is 0 Å². The monoisotopic (exact) mass is 488 g/mol. The van der Waals surface area contributed by atoms with Crippen LogP contribution in [0.25, 0.3) is 0 Å². The predicted molar refractivity (Wildman–Crippen MR) is 162 cm³/mol. The molecule has 2 fully saturated rings. The van der Waals surface area contributed by atoms with Crippen LogP contribution in [0.2, 0.25) is 0 Å². The molecule has 2 saturated carbocycles. The van der Waals surface area contributed by atoms with Gasteiger partial charge in [0.2, 0.25) is 0 Å². The Morgan fingerprint density at radius 3 is 1.77 bits per heavy atom. The SMILES string of the molecule is C=C.CC.CC.CCC.CCC(CC(C)C)c1ccc(OC(CC2CC3CCC2C3)C(C)C)cc1. The van der Waals surface area contributed by atoms with Crippen LogP contribution in [0, 0.1) is 29.6 Å². The first kappa shape index (κ1) is 35.9. The summed E-state index contributed by atoms with van der Waals surface area (Å²) < 4.78 is 6.49. The quantitative estimate of drug-likeness (QED) is 0.314. The van der Waals surface area contributed by atoms with E-state index in [1.807, 2.05) is 27.7 Å². The van der Waals surface area contributed by atoms with Gasteiger partial charge in [-0.25, -0.2) is 0 Å². The van der Waals surface area contributed by atoms with Crippen LogP contribution in [-0.2, 0) is 0 Å². The first-order chi connectivity index (χ1) is 16.9. The highest BCUT2D eigenvalue weighted by Gasteiger charge is 2.40. The van der Waals surface area contributed by atoms with Crippen molar-refractivity contribution in [2.24, 2.45) is 29.6 Å². The zero-order chi connectivity index (χ0) is 27.4. The summed E-state index contributed by atoms with van der Waals surface area (Å²) in [6.45, 7) is 29.8. The Morgan fingerprint density at radius 1 is 0.857 bits per heavy atom. The smallest absolute Gasteiger partial charge is 0.119 e. The van der Waals surface area contributed by atoms with Crippen LogP contribution in [0.4, 0.5) is 0 Å². The molecule has 2 bridgehead atoms. The number of fused-ring (bicyclic) bond motifs is 2. The van der Waals surface area contributed by atoms with Gasteiger partial charge in [0.15, 0.2) is 0 Å². The van der Waals surface area contributed by atoms with Crippen LogP contribution in [0.5, 0.6) is 5.75 Å². The van der Waals surface area contributed by atoms with Crippen molar-refractivity contribution >= 4 is 0 Å². The largest absolute Gasteiger partial charge is 0.490 e. The van der Waals surface area contributed by atoms with E-state index in [0.29, 0.717) is 17.9 Å². The fourth-order valence-electron chi connectivity index (χ4n) is 5.52. The molecule has 1 aromatic carbocycles. The second kappa shape index (κ2) is 22.0. The first-order valence-corrected chi connectivity index (χ1v) is 15.1. The van der Waals surface area contributed by atoms with E-state index in [9.17, 15) is 0 Å². The molecule has 3 rings (SSSR count). The molecule has 2 aliphatic rings. The van der Waals surface area contributed by atoms with E-state index in [4.69, 9.17) is 4.74 Å². The average molecular weight is 489 g/mol. The van der Waals surface area contributed by atoms with E-state index in [-0.39, 0.29) is 0 Å². The van der Waals surface area contributed by atoms with Gasteiger partial charge in [-0.15, -0.1) is 13.2 Å². The highest BCUT2D eigenvalue weighted by molar-refractivity contribution is 5.29. The Kier molecular flexibility index (Phi) is 22.6. The fourth-order valence-corrected chi connectivity index (χ4v) is 5.52. The van der Waals surface area contributed by atoms with Crippen molar-refractivity contribution in [3.63, 3.8) is 0 Å². The molecule has 1 nitrogen and oxygen atoms in total. The van der Waals surface area contributed by atoms with Crippen LogP contribution in [-0.4, -0.2) is 6.10 Å². The molecule has 1 heteroatoms. The maximum atomic E-state index is 6.49. The molecule has 0 aromatic heterocycles. The van der Waals surface area contributed by atoms with Crippen LogP contribution in [0.1, 0.15) is 139 Å². The minimum absolute atomic E-state index is 0.364. The number of hydrogen-bond acceptors (Lipinski definition) is 1. The molecular formula is C34H64O. The summed E-state index contributed by atoms with van der Waals surface area (Å²) in [5.74, 6) is 6.02. The molecule has 5 atom stereocenters. The molecule has 0 spiro atoms. The number of rotatable bonds is 9. The third-order valence-corrected chi connectivity index (χ3v) is 7.05. The van der Waals surface area contributed by atoms with Crippen molar-refractivity contribution in [2.75, 3.05) is 0 Å². The van der Waals surface area contributed by atoms with Gasteiger partial charge < -0.3 is 4.74 Å². The Hall–Kier alpha value is -1.24. The van der Waals surface area contributed by atoms with Crippen molar-refractivity contribution in [3.8, 4) is 5.75 Å². The summed E-state index contributed by atoms with van der Waals surface area (Å²) in [7, 11) is 0. The molecule has 5 unspecified atom stereocenters. The number of benzene rings is 1. The van der Waals surface area contributed by atoms with Gasteiger partial charge >= 0.3 is 0 Å². The van der Waals surface area contributed by atoms with Gasteiger partial charge in [-0.05, 0) is 91.7 Å².